The van der Waals surface area contributed by atoms with Gasteiger partial charge in [0.1, 0.15) is 0 Å². The van der Waals surface area contributed by atoms with E-state index in [1.165, 1.54) is 0 Å². The minimum absolute atomic E-state index is 0.272. The molecule has 1 unspecified atom stereocenters. The lowest BCUT2D eigenvalue weighted by molar-refractivity contribution is -0.141. The smallest absolute Gasteiger partial charge is 0.316 e. The molecule has 1 aliphatic heterocycles. The second kappa shape index (κ2) is 7.69. The monoisotopic (exact) mass is 390 g/mol. The highest BCUT2D eigenvalue weighted by Gasteiger charge is 2.37. The maximum atomic E-state index is 13.3. The van der Waals surface area contributed by atoms with Gasteiger partial charge in [-0.25, -0.2) is 9.97 Å². The van der Waals surface area contributed by atoms with E-state index < -0.39 is 11.9 Å². The summed E-state index contributed by atoms with van der Waals surface area (Å²) in [5.74, 6) is 0.469. The summed E-state index contributed by atoms with van der Waals surface area (Å²) < 4.78 is 39.8. The number of rotatable bonds is 6. The van der Waals surface area contributed by atoms with Gasteiger partial charge in [0.2, 0.25) is 0 Å². The number of nitrogens with one attached hydrogen (secondary N) is 1. The molecule has 3 rings (SSSR count). The number of aryl methyl sites for hydroxylation is 2. The quantitative estimate of drug-likeness (QED) is 0.814. The standard InChI is InChI=1S/C16H21F3N4S2/c1-10-13(24-9-21-10)7-23(6-12-3-4-20-5-12)8-14-15(16(17,18)19)22-11(2)25-14/h9,12,20H,3-8H2,1-2H3. The van der Waals surface area contributed by atoms with E-state index in [4.69, 9.17) is 0 Å². The molecule has 1 atom stereocenters. The summed E-state index contributed by atoms with van der Waals surface area (Å²) in [6, 6.07) is 0. The second-order valence-corrected chi connectivity index (χ2v) is 8.62. The van der Waals surface area contributed by atoms with Crippen LogP contribution in [0.25, 0.3) is 0 Å². The largest absolute Gasteiger partial charge is 0.434 e. The van der Waals surface area contributed by atoms with Crippen molar-refractivity contribution < 1.29 is 13.2 Å². The summed E-state index contributed by atoms with van der Waals surface area (Å²) in [6.07, 6.45) is -3.34. The van der Waals surface area contributed by atoms with Crippen LogP contribution in [0.2, 0.25) is 0 Å². The average molecular weight is 391 g/mol. The summed E-state index contributed by atoms with van der Waals surface area (Å²) in [7, 11) is 0. The van der Waals surface area contributed by atoms with Crippen molar-refractivity contribution in [2.45, 2.75) is 39.5 Å². The number of aromatic nitrogens is 2. The minimum atomic E-state index is -4.40. The molecule has 1 fully saturated rings. The molecule has 2 aromatic rings. The number of thiazole rings is 2. The number of nitrogens with zero attached hydrogens (tertiary/aromatic N) is 3. The normalized spacial score (nSPS) is 18.4. The first-order valence-electron chi connectivity index (χ1n) is 8.18. The van der Waals surface area contributed by atoms with E-state index in [-0.39, 0.29) is 6.54 Å². The highest BCUT2D eigenvalue weighted by atomic mass is 32.1. The molecular weight excluding hydrogens is 369 g/mol. The fourth-order valence-corrected chi connectivity index (χ4v) is 4.92. The van der Waals surface area contributed by atoms with Crippen LogP contribution in [0.15, 0.2) is 5.51 Å². The van der Waals surface area contributed by atoms with Crippen LogP contribution in [0.4, 0.5) is 13.2 Å². The van der Waals surface area contributed by atoms with E-state index in [1.807, 2.05) is 6.92 Å². The molecular formula is C16H21F3N4S2. The van der Waals surface area contributed by atoms with E-state index in [9.17, 15) is 13.2 Å². The molecule has 1 N–H and O–H groups in total. The fourth-order valence-electron chi connectivity index (χ4n) is 3.10. The Bertz CT molecular complexity index is 705. The van der Waals surface area contributed by atoms with Crippen molar-refractivity contribution in [3.63, 3.8) is 0 Å². The maximum absolute atomic E-state index is 13.3. The fraction of sp³-hybridized carbons (Fsp3) is 0.625. The third-order valence-corrected chi connectivity index (χ3v) is 6.21. The van der Waals surface area contributed by atoms with Crippen LogP contribution < -0.4 is 5.32 Å². The summed E-state index contributed by atoms with van der Waals surface area (Å²) in [4.78, 5) is 11.5. The van der Waals surface area contributed by atoms with Gasteiger partial charge in [-0.2, -0.15) is 13.2 Å². The molecule has 3 heterocycles. The van der Waals surface area contributed by atoms with E-state index in [0.717, 1.165) is 48.0 Å². The summed E-state index contributed by atoms with van der Waals surface area (Å²) in [5, 5.41) is 3.78. The molecule has 0 amide bonds. The number of alkyl halides is 3. The van der Waals surface area contributed by atoms with E-state index in [1.54, 1.807) is 23.8 Å². The maximum Gasteiger partial charge on any atom is 0.434 e. The lowest BCUT2D eigenvalue weighted by Crippen LogP contribution is -2.30. The Labute approximate surface area is 153 Å². The lowest BCUT2D eigenvalue weighted by atomic mass is 10.1. The lowest BCUT2D eigenvalue weighted by Gasteiger charge is -2.25. The number of hydrogen-bond donors (Lipinski definition) is 1. The average Bonchev–Trinajstić information content (AvgIpc) is 3.22. The number of hydrogen-bond acceptors (Lipinski definition) is 6. The van der Waals surface area contributed by atoms with E-state index in [0.29, 0.717) is 22.3 Å². The Balaban J connectivity index is 1.80. The zero-order valence-corrected chi connectivity index (χ0v) is 15.8. The van der Waals surface area contributed by atoms with Crippen LogP contribution in [0, 0.1) is 19.8 Å². The Kier molecular flexibility index (Phi) is 5.77. The van der Waals surface area contributed by atoms with E-state index in [2.05, 4.69) is 20.2 Å². The molecule has 0 spiro atoms. The molecule has 0 aliphatic carbocycles. The first-order chi connectivity index (χ1) is 11.8. The highest BCUT2D eigenvalue weighted by molar-refractivity contribution is 7.11. The van der Waals surface area contributed by atoms with Crippen molar-refractivity contribution in [2.24, 2.45) is 5.92 Å². The van der Waals surface area contributed by atoms with Crippen LogP contribution in [0.1, 0.15) is 32.6 Å². The zero-order valence-electron chi connectivity index (χ0n) is 14.2. The summed E-state index contributed by atoms with van der Waals surface area (Å²) >= 11 is 2.70. The Morgan fingerprint density at radius 1 is 1.28 bits per heavy atom. The van der Waals surface area contributed by atoms with Gasteiger partial charge >= 0.3 is 6.18 Å². The van der Waals surface area contributed by atoms with Crippen molar-refractivity contribution in [3.05, 3.63) is 31.7 Å². The van der Waals surface area contributed by atoms with Crippen LogP contribution >= 0.6 is 22.7 Å². The van der Waals surface area contributed by atoms with Gasteiger partial charge in [0.15, 0.2) is 5.69 Å². The van der Waals surface area contributed by atoms with Gasteiger partial charge < -0.3 is 5.32 Å². The number of halogens is 3. The Morgan fingerprint density at radius 2 is 2.04 bits per heavy atom. The van der Waals surface area contributed by atoms with Crippen LogP contribution in [0.5, 0.6) is 0 Å². The molecule has 0 radical (unpaired) electrons. The van der Waals surface area contributed by atoms with Gasteiger partial charge in [0.05, 0.1) is 21.1 Å². The van der Waals surface area contributed by atoms with Crippen molar-refractivity contribution in [1.29, 1.82) is 0 Å². The van der Waals surface area contributed by atoms with Crippen molar-refractivity contribution >= 4 is 22.7 Å². The van der Waals surface area contributed by atoms with Gasteiger partial charge in [-0.05, 0) is 39.3 Å². The molecule has 138 valence electrons. The molecule has 1 aliphatic rings. The van der Waals surface area contributed by atoms with Gasteiger partial charge in [-0.1, -0.05) is 0 Å². The first-order valence-corrected chi connectivity index (χ1v) is 9.88. The van der Waals surface area contributed by atoms with Gasteiger partial charge in [0.25, 0.3) is 0 Å². The predicted octanol–water partition coefficient (Wildman–Crippen LogP) is 3.85. The molecule has 9 heteroatoms. The van der Waals surface area contributed by atoms with Crippen LogP contribution in [0.3, 0.4) is 0 Å². The molecule has 0 bridgehead atoms. The Hall–Kier alpha value is -1.03. The molecule has 0 saturated carbocycles. The topological polar surface area (TPSA) is 41.1 Å². The van der Waals surface area contributed by atoms with Crippen molar-refractivity contribution in [2.75, 3.05) is 19.6 Å². The van der Waals surface area contributed by atoms with Gasteiger partial charge in [0, 0.05) is 24.5 Å². The van der Waals surface area contributed by atoms with E-state index >= 15 is 0 Å². The third kappa shape index (κ3) is 4.78. The second-order valence-electron chi connectivity index (χ2n) is 6.39. The first kappa shape index (κ1) is 18.8. The highest BCUT2D eigenvalue weighted by Crippen LogP contribution is 2.35. The summed E-state index contributed by atoms with van der Waals surface area (Å²) in [5.41, 5.74) is 2.01. The SMILES string of the molecule is Cc1nc(C(F)(F)F)c(CN(Cc2scnc2C)CC2CCNC2)s1. The molecule has 4 nitrogen and oxygen atoms in total. The minimum Gasteiger partial charge on any atom is -0.316 e. The molecule has 2 aromatic heterocycles. The van der Waals surface area contributed by atoms with Crippen molar-refractivity contribution in [1.82, 2.24) is 20.2 Å². The van der Waals surface area contributed by atoms with Crippen LogP contribution in [-0.2, 0) is 19.3 Å². The molecule has 1 saturated heterocycles. The van der Waals surface area contributed by atoms with Gasteiger partial charge in [-0.15, -0.1) is 22.7 Å². The molecule has 0 aromatic carbocycles. The molecule has 25 heavy (non-hydrogen) atoms. The Morgan fingerprint density at radius 3 is 2.64 bits per heavy atom. The summed E-state index contributed by atoms with van der Waals surface area (Å²) in [6.45, 7) is 7.15. The van der Waals surface area contributed by atoms with Gasteiger partial charge in [-0.3, -0.25) is 4.90 Å². The third-order valence-electron chi connectivity index (χ3n) is 4.33. The van der Waals surface area contributed by atoms with Crippen molar-refractivity contribution in [3.8, 4) is 0 Å². The zero-order chi connectivity index (χ0) is 18.0. The van der Waals surface area contributed by atoms with Crippen LogP contribution in [-0.4, -0.2) is 34.5 Å². The predicted molar refractivity (Wildman–Crippen MR) is 93.8 cm³/mol.